The highest BCUT2D eigenvalue weighted by atomic mass is 16.3. The Balaban J connectivity index is 1.97. The fourth-order valence-corrected chi connectivity index (χ4v) is 2.96. The Morgan fingerprint density at radius 1 is 1.32 bits per heavy atom. The molecule has 22 heavy (non-hydrogen) atoms. The summed E-state index contributed by atoms with van der Waals surface area (Å²) in [7, 11) is 0. The largest absolute Gasteiger partial charge is 0.396 e. The number of hydrogen-bond donors (Lipinski definition) is 2. The first-order valence-corrected chi connectivity index (χ1v) is 7.65. The van der Waals surface area contributed by atoms with E-state index in [1.165, 1.54) is 0 Å². The van der Waals surface area contributed by atoms with Crippen LogP contribution < -0.4 is 4.90 Å². The summed E-state index contributed by atoms with van der Waals surface area (Å²) >= 11 is 0. The standard InChI is InChI=1S/C15H23N5O2/c1-15(2,3)20-14-11(6-18-20)13(16-9-17-14)19-5-4-10(8-21)12(22)7-19/h6,9-10,12,21-22H,4-5,7-8H2,1-3H3/t10-,12-/m0/s1. The number of fused-ring (bicyclic) bond motifs is 1. The summed E-state index contributed by atoms with van der Waals surface area (Å²) in [4.78, 5) is 10.8. The molecule has 0 bridgehead atoms. The van der Waals surface area contributed by atoms with Crippen LogP contribution in [-0.2, 0) is 5.54 Å². The lowest BCUT2D eigenvalue weighted by atomic mass is 9.95. The maximum Gasteiger partial charge on any atom is 0.163 e. The van der Waals surface area contributed by atoms with Crippen molar-refractivity contribution in [1.29, 1.82) is 0 Å². The lowest BCUT2D eigenvalue weighted by Gasteiger charge is -2.35. The predicted molar refractivity (Wildman–Crippen MR) is 83.7 cm³/mol. The highest BCUT2D eigenvalue weighted by Crippen LogP contribution is 2.29. The van der Waals surface area contributed by atoms with Gasteiger partial charge in [0.2, 0.25) is 0 Å². The topological polar surface area (TPSA) is 87.3 Å². The van der Waals surface area contributed by atoms with Crippen molar-refractivity contribution >= 4 is 16.9 Å². The van der Waals surface area contributed by atoms with Gasteiger partial charge >= 0.3 is 0 Å². The molecular formula is C15H23N5O2. The van der Waals surface area contributed by atoms with Crippen molar-refractivity contribution in [2.24, 2.45) is 5.92 Å². The first kappa shape index (κ1) is 15.2. The van der Waals surface area contributed by atoms with E-state index in [1.54, 1.807) is 12.5 Å². The first-order chi connectivity index (χ1) is 10.4. The van der Waals surface area contributed by atoms with Crippen LogP contribution in [0.4, 0.5) is 5.82 Å². The monoisotopic (exact) mass is 305 g/mol. The van der Waals surface area contributed by atoms with Crippen molar-refractivity contribution in [3.63, 3.8) is 0 Å². The van der Waals surface area contributed by atoms with Gasteiger partial charge in [-0.25, -0.2) is 14.6 Å². The minimum Gasteiger partial charge on any atom is -0.396 e. The molecule has 0 aromatic carbocycles. The highest BCUT2D eigenvalue weighted by molar-refractivity contribution is 5.86. The van der Waals surface area contributed by atoms with Gasteiger partial charge in [0.15, 0.2) is 5.65 Å². The van der Waals surface area contributed by atoms with Crippen LogP contribution in [0.25, 0.3) is 11.0 Å². The number of aliphatic hydroxyl groups is 2. The predicted octanol–water partition coefficient (Wildman–Crippen LogP) is 0.761. The molecule has 0 saturated carbocycles. The van der Waals surface area contributed by atoms with Gasteiger partial charge in [-0.3, -0.25) is 0 Å². The summed E-state index contributed by atoms with van der Waals surface area (Å²) in [5, 5.41) is 24.8. The van der Waals surface area contributed by atoms with Crippen LogP contribution in [0.2, 0.25) is 0 Å². The number of anilines is 1. The Kier molecular flexibility index (Phi) is 3.78. The average Bonchev–Trinajstić information content (AvgIpc) is 2.91. The number of piperidine rings is 1. The molecular weight excluding hydrogens is 282 g/mol. The van der Waals surface area contributed by atoms with E-state index >= 15 is 0 Å². The number of nitrogens with zero attached hydrogens (tertiary/aromatic N) is 5. The number of aromatic nitrogens is 4. The lowest BCUT2D eigenvalue weighted by Crippen LogP contribution is -2.45. The summed E-state index contributed by atoms with van der Waals surface area (Å²) in [6.07, 6.45) is 3.55. The van der Waals surface area contributed by atoms with E-state index in [0.717, 1.165) is 29.8 Å². The quantitative estimate of drug-likeness (QED) is 0.852. The third-order valence-electron chi connectivity index (χ3n) is 4.24. The maximum atomic E-state index is 10.1. The SMILES string of the molecule is CC(C)(C)n1ncc2c(N3CC[C@@H](CO)[C@@H](O)C3)ncnc21. The third-order valence-corrected chi connectivity index (χ3v) is 4.24. The molecule has 120 valence electrons. The minimum atomic E-state index is -0.540. The van der Waals surface area contributed by atoms with Gasteiger partial charge in [-0.05, 0) is 27.2 Å². The molecule has 0 aliphatic carbocycles. The van der Waals surface area contributed by atoms with Crippen molar-refractivity contribution < 1.29 is 10.2 Å². The Hall–Kier alpha value is -1.73. The molecule has 7 heteroatoms. The van der Waals surface area contributed by atoms with Gasteiger partial charge in [-0.1, -0.05) is 0 Å². The Labute approximate surface area is 129 Å². The highest BCUT2D eigenvalue weighted by Gasteiger charge is 2.29. The maximum absolute atomic E-state index is 10.1. The molecule has 0 spiro atoms. The zero-order valence-electron chi connectivity index (χ0n) is 13.3. The minimum absolute atomic E-state index is 0.0240. The second kappa shape index (κ2) is 5.48. The van der Waals surface area contributed by atoms with Crippen LogP contribution >= 0.6 is 0 Å². The normalized spacial score (nSPS) is 23.2. The van der Waals surface area contributed by atoms with Crippen LogP contribution in [0.5, 0.6) is 0 Å². The molecule has 1 aliphatic heterocycles. The van der Waals surface area contributed by atoms with Crippen molar-refractivity contribution in [3.05, 3.63) is 12.5 Å². The smallest absolute Gasteiger partial charge is 0.163 e. The van der Waals surface area contributed by atoms with Gasteiger partial charge in [-0.15, -0.1) is 0 Å². The van der Waals surface area contributed by atoms with Crippen LogP contribution in [-0.4, -0.2) is 55.8 Å². The van der Waals surface area contributed by atoms with Gasteiger partial charge in [-0.2, -0.15) is 5.10 Å². The fourth-order valence-electron chi connectivity index (χ4n) is 2.96. The van der Waals surface area contributed by atoms with E-state index in [1.807, 2.05) is 4.68 Å². The Bertz CT molecular complexity index is 663. The van der Waals surface area contributed by atoms with E-state index in [2.05, 4.69) is 40.7 Å². The molecule has 2 atom stereocenters. The molecule has 3 rings (SSSR count). The van der Waals surface area contributed by atoms with Gasteiger partial charge in [0.25, 0.3) is 0 Å². The van der Waals surface area contributed by atoms with Crippen LogP contribution in [0.3, 0.4) is 0 Å². The molecule has 2 aromatic heterocycles. The molecule has 1 aliphatic rings. The molecule has 0 amide bonds. The summed E-state index contributed by atoms with van der Waals surface area (Å²) in [6.45, 7) is 7.50. The number of β-amino-alcohol motifs (C(OH)–C–C–N with tert-alkyl or cyclic N) is 1. The van der Waals surface area contributed by atoms with E-state index in [9.17, 15) is 10.2 Å². The number of hydrogen-bond acceptors (Lipinski definition) is 6. The summed E-state index contributed by atoms with van der Waals surface area (Å²) < 4.78 is 1.89. The van der Waals surface area contributed by atoms with Crippen LogP contribution in [0, 0.1) is 5.92 Å². The molecule has 0 radical (unpaired) electrons. The van der Waals surface area contributed by atoms with Crippen molar-refractivity contribution in [2.45, 2.75) is 38.8 Å². The summed E-state index contributed by atoms with van der Waals surface area (Å²) in [5.74, 6) is 0.752. The van der Waals surface area contributed by atoms with Crippen LogP contribution in [0.1, 0.15) is 27.2 Å². The lowest BCUT2D eigenvalue weighted by molar-refractivity contribution is 0.0547. The second-order valence-corrected chi connectivity index (χ2v) is 6.91. The fraction of sp³-hybridized carbons (Fsp3) is 0.667. The number of rotatable bonds is 2. The average molecular weight is 305 g/mol. The van der Waals surface area contributed by atoms with Crippen molar-refractivity contribution in [2.75, 3.05) is 24.6 Å². The third kappa shape index (κ3) is 2.55. The second-order valence-electron chi connectivity index (χ2n) is 6.91. The van der Waals surface area contributed by atoms with Crippen LogP contribution in [0.15, 0.2) is 12.5 Å². The van der Waals surface area contributed by atoms with Gasteiger partial charge < -0.3 is 15.1 Å². The molecule has 3 heterocycles. The molecule has 1 fully saturated rings. The van der Waals surface area contributed by atoms with Crippen molar-refractivity contribution in [1.82, 2.24) is 19.7 Å². The molecule has 2 N–H and O–H groups in total. The Morgan fingerprint density at radius 2 is 2.09 bits per heavy atom. The van der Waals surface area contributed by atoms with Gasteiger partial charge in [0.05, 0.1) is 23.2 Å². The Morgan fingerprint density at radius 3 is 2.73 bits per heavy atom. The molecule has 7 nitrogen and oxygen atoms in total. The molecule has 2 aromatic rings. The van der Waals surface area contributed by atoms with Gasteiger partial charge in [0.1, 0.15) is 12.1 Å². The zero-order chi connectivity index (χ0) is 15.9. The first-order valence-electron chi connectivity index (χ1n) is 7.65. The van der Waals surface area contributed by atoms with E-state index < -0.39 is 6.10 Å². The molecule has 1 saturated heterocycles. The number of aliphatic hydroxyl groups excluding tert-OH is 2. The van der Waals surface area contributed by atoms with E-state index in [-0.39, 0.29) is 18.1 Å². The van der Waals surface area contributed by atoms with Crippen molar-refractivity contribution in [3.8, 4) is 0 Å². The summed E-state index contributed by atoms with van der Waals surface area (Å²) in [6, 6.07) is 0. The van der Waals surface area contributed by atoms with Gasteiger partial charge in [0, 0.05) is 25.6 Å². The van der Waals surface area contributed by atoms with E-state index in [0.29, 0.717) is 6.54 Å². The molecule has 0 unspecified atom stereocenters. The van der Waals surface area contributed by atoms with E-state index in [4.69, 9.17) is 0 Å². The zero-order valence-corrected chi connectivity index (χ0v) is 13.3. The summed E-state index contributed by atoms with van der Waals surface area (Å²) in [5.41, 5.74) is 0.646.